The second-order valence-electron chi connectivity index (χ2n) is 6.19. The van der Waals surface area contributed by atoms with Crippen LogP contribution in [0.1, 0.15) is 38.2 Å². The first kappa shape index (κ1) is 14.0. The van der Waals surface area contributed by atoms with Crippen molar-refractivity contribution in [2.75, 3.05) is 20.1 Å². The quantitative estimate of drug-likeness (QED) is 0.885. The molecule has 0 aliphatic heterocycles. The highest BCUT2D eigenvalue weighted by molar-refractivity contribution is 7.07. The first-order valence-corrected chi connectivity index (χ1v) is 7.97. The Labute approximate surface area is 115 Å². The zero-order valence-corrected chi connectivity index (χ0v) is 12.5. The fourth-order valence-electron chi connectivity index (χ4n) is 3.12. The SMILES string of the molecule is CC1CCC(CN)(CN(C)Cc2ccsc2)CC1. The molecule has 18 heavy (non-hydrogen) atoms. The van der Waals surface area contributed by atoms with Gasteiger partial charge < -0.3 is 10.6 Å². The first-order valence-electron chi connectivity index (χ1n) is 7.03. The Morgan fingerprint density at radius 2 is 2.17 bits per heavy atom. The van der Waals surface area contributed by atoms with E-state index in [9.17, 15) is 0 Å². The molecule has 0 spiro atoms. The molecule has 0 bridgehead atoms. The lowest BCUT2D eigenvalue weighted by molar-refractivity contribution is 0.105. The summed E-state index contributed by atoms with van der Waals surface area (Å²) in [7, 11) is 2.23. The molecule has 0 amide bonds. The molecule has 1 fully saturated rings. The summed E-state index contributed by atoms with van der Waals surface area (Å²) in [5, 5.41) is 4.40. The standard InChI is InChI=1S/C15H26N2S/c1-13-3-6-15(11-16,7-4-13)12-17(2)9-14-5-8-18-10-14/h5,8,10,13H,3-4,6-7,9,11-12,16H2,1-2H3. The summed E-state index contributed by atoms with van der Waals surface area (Å²) in [6, 6.07) is 2.22. The second-order valence-corrected chi connectivity index (χ2v) is 6.97. The minimum Gasteiger partial charge on any atom is -0.330 e. The van der Waals surface area contributed by atoms with Crippen molar-refractivity contribution >= 4 is 11.3 Å². The molecule has 1 aliphatic carbocycles. The van der Waals surface area contributed by atoms with Crippen LogP contribution in [0.15, 0.2) is 16.8 Å². The lowest BCUT2D eigenvalue weighted by atomic mass is 9.70. The fraction of sp³-hybridized carbons (Fsp3) is 0.733. The molecule has 102 valence electrons. The van der Waals surface area contributed by atoms with E-state index < -0.39 is 0 Å². The van der Waals surface area contributed by atoms with Gasteiger partial charge in [-0.05, 0) is 60.2 Å². The van der Waals surface area contributed by atoms with E-state index in [-0.39, 0.29) is 0 Å². The van der Waals surface area contributed by atoms with E-state index in [2.05, 4.69) is 35.7 Å². The van der Waals surface area contributed by atoms with Gasteiger partial charge in [0, 0.05) is 13.1 Å². The van der Waals surface area contributed by atoms with Gasteiger partial charge in [-0.2, -0.15) is 11.3 Å². The number of thiophene rings is 1. The summed E-state index contributed by atoms with van der Waals surface area (Å²) in [6.45, 7) is 5.41. The number of hydrogen-bond donors (Lipinski definition) is 1. The number of rotatable bonds is 5. The predicted octanol–water partition coefficient (Wildman–Crippen LogP) is 3.34. The Kier molecular flexibility index (Phi) is 4.82. The van der Waals surface area contributed by atoms with E-state index in [0.29, 0.717) is 5.41 Å². The average Bonchev–Trinajstić information content (AvgIpc) is 2.85. The topological polar surface area (TPSA) is 29.3 Å². The largest absolute Gasteiger partial charge is 0.330 e. The molecule has 1 saturated carbocycles. The molecular weight excluding hydrogens is 240 g/mol. The molecule has 0 radical (unpaired) electrons. The summed E-state index contributed by atoms with van der Waals surface area (Å²) < 4.78 is 0. The van der Waals surface area contributed by atoms with E-state index >= 15 is 0 Å². The van der Waals surface area contributed by atoms with Gasteiger partial charge in [-0.1, -0.05) is 19.8 Å². The Balaban J connectivity index is 1.89. The Morgan fingerprint density at radius 1 is 1.44 bits per heavy atom. The molecule has 2 rings (SSSR count). The maximum absolute atomic E-state index is 6.08. The highest BCUT2D eigenvalue weighted by Gasteiger charge is 2.33. The van der Waals surface area contributed by atoms with Crippen molar-refractivity contribution in [1.29, 1.82) is 0 Å². The number of nitrogens with zero attached hydrogens (tertiary/aromatic N) is 1. The Morgan fingerprint density at radius 3 is 2.72 bits per heavy atom. The van der Waals surface area contributed by atoms with Gasteiger partial charge in [-0.15, -0.1) is 0 Å². The van der Waals surface area contributed by atoms with Crippen LogP contribution in [0.5, 0.6) is 0 Å². The van der Waals surface area contributed by atoms with Crippen LogP contribution in [-0.4, -0.2) is 25.0 Å². The summed E-state index contributed by atoms with van der Waals surface area (Å²) in [5.74, 6) is 0.895. The highest BCUT2D eigenvalue weighted by Crippen LogP contribution is 2.38. The molecule has 3 heteroatoms. The van der Waals surface area contributed by atoms with Crippen molar-refractivity contribution in [3.63, 3.8) is 0 Å². The molecule has 1 heterocycles. The monoisotopic (exact) mass is 266 g/mol. The van der Waals surface area contributed by atoms with Gasteiger partial charge in [0.1, 0.15) is 0 Å². The van der Waals surface area contributed by atoms with Crippen molar-refractivity contribution in [2.24, 2.45) is 17.1 Å². The summed E-state index contributed by atoms with van der Waals surface area (Å²) in [5.41, 5.74) is 7.88. The molecule has 2 N–H and O–H groups in total. The van der Waals surface area contributed by atoms with Crippen molar-refractivity contribution in [3.8, 4) is 0 Å². The van der Waals surface area contributed by atoms with Gasteiger partial charge >= 0.3 is 0 Å². The lowest BCUT2D eigenvalue weighted by Gasteiger charge is -2.41. The molecule has 1 aliphatic rings. The van der Waals surface area contributed by atoms with Gasteiger partial charge in [0.2, 0.25) is 0 Å². The molecule has 1 aromatic heterocycles. The van der Waals surface area contributed by atoms with Crippen molar-refractivity contribution in [3.05, 3.63) is 22.4 Å². The van der Waals surface area contributed by atoms with E-state index in [0.717, 1.165) is 25.6 Å². The maximum atomic E-state index is 6.08. The third-order valence-electron chi connectivity index (χ3n) is 4.41. The maximum Gasteiger partial charge on any atom is 0.0239 e. The minimum absolute atomic E-state index is 0.372. The van der Waals surface area contributed by atoms with Crippen LogP contribution < -0.4 is 5.73 Å². The molecular formula is C15H26N2S. The van der Waals surface area contributed by atoms with Crippen LogP contribution in [-0.2, 0) is 6.54 Å². The van der Waals surface area contributed by atoms with Gasteiger partial charge in [-0.25, -0.2) is 0 Å². The van der Waals surface area contributed by atoms with Crippen LogP contribution >= 0.6 is 11.3 Å². The number of nitrogens with two attached hydrogens (primary N) is 1. The minimum atomic E-state index is 0.372. The van der Waals surface area contributed by atoms with Gasteiger partial charge in [0.25, 0.3) is 0 Å². The van der Waals surface area contributed by atoms with Crippen LogP contribution in [0.3, 0.4) is 0 Å². The third-order valence-corrected chi connectivity index (χ3v) is 5.14. The third kappa shape index (κ3) is 3.56. The van der Waals surface area contributed by atoms with Gasteiger partial charge in [0.15, 0.2) is 0 Å². The van der Waals surface area contributed by atoms with Gasteiger partial charge in [-0.3, -0.25) is 0 Å². The number of hydrogen-bond acceptors (Lipinski definition) is 3. The lowest BCUT2D eigenvalue weighted by Crippen LogP contribution is -2.43. The zero-order valence-electron chi connectivity index (χ0n) is 11.7. The van der Waals surface area contributed by atoms with Crippen LogP contribution in [0.25, 0.3) is 0 Å². The summed E-state index contributed by atoms with van der Waals surface area (Å²) in [6.07, 6.45) is 5.31. The average molecular weight is 266 g/mol. The molecule has 0 aromatic carbocycles. The first-order chi connectivity index (χ1) is 8.63. The molecule has 2 nitrogen and oxygen atoms in total. The summed E-state index contributed by atoms with van der Waals surface area (Å²) >= 11 is 1.78. The second kappa shape index (κ2) is 6.18. The smallest absolute Gasteiger partial charge is 0.0239 e. The van der Waals surface area contributed by atoms with Gasteiger partial charge in [0.05, 0.1) is 0 Å². The van der Waals surface area contributed by atoms with E-state index in [4.69, 9.17) is 5.73 Å². The molecule has 0 atom stereocenters. The van der Waals surface area contributed by atoms with E-state index in [1.54, 1.807) is 11.3 Å². The van der Waals surface area contributed by atoms with Crippen LogP contribution in [0.2, 0.25) is 0 Å². The van der Waals surface area contributed by atoms with Crippen molar-refractivity contribution in [2.45, 2.75) is 39.2 Å². The predicted molar refractivity (Wildman–Crippen MR) is 79.8 cm³/mol. The summed E-state index contributed by atoms with van der Waals surface area (Å²) in [4.78, 5) is 2.45. The highest BCUT2D eigenvalue weighted by atomic mass is 32.1. The van der Waals surface area contributed by atoms with E-state index in [1.165, 1.54) is 31.2 Å². The Hall–Kier alpha value is -0.380. The fourth-order valence-corrected chi connectivity index (χ4v) is 3.78. The Bertz CT molecular complexity index is 339. The molecule has 0 saturated heterocycles. The van der Waals surface area contributed by atoms with Crippen LogP contribution in [0.4, 0.5) is 0 Å². The molecule has 0 unspecified atom stereocenters. The van der Waals surface area contributed by atoms with Crippen LogP contribution in [0, 0.1) is 11.3 Å². The van der Waals surface area contributed by atoms with E-state index in [1.807, 2.05) is 0 Å². The molecule has 1 aromatic rings. The zero-order chi connectivity index (χ0) is 13.0. The normalized spacial score (nSPS) is 28.8. The van der Waals surface area contributed by atoms with Crippen molar-refractivity contribution < 1.29 is 0 Å². The van der Waals surface area contributed by atoms with Crippen molar-refractivity contribution in [1.82, 2.24) is 4.90 Å².